The zero-order chi connectivity index (χ0) is 13.8. The third-order valence-electron chi connectivity index (χ3n) is 2.91. The van der Waals surface area contributed by atoms with Crippen LogP contribution in [0.5, 0.6) is 5.75 Å². The summed E-state index contributed by atoms with van der Waals surface area (Å²) in [4.78, 5) is 0. The first-order valence-electron chi connectivity index (χ1n) is 5.86. The minimum absolute atomic E-state index is 0.0194. The topological polar surface area (TPSA) is 47.3 Å². The van der Waals surface area contributed by atoms with Crippen molar-refractivity contribution >= 4 is 5.69 Å². The van der Waals surface area contributed by atoms with Crippen LogP contribution in [0, 0.1) is 17.0 Å². The Morgan fingerprint density at radius 1 is 1.28 bits per heavy atom. The van der Waals surface area contributed by atoms with Crippen LogP contribution in [0.1, 0.15) is 20.3 Å². The molecule has 1 aromatic carbocycles. The average molecular weight is 258 g/mol. The molecular formula is C13H20F2N2O. The van der Waals surface area contributed by atoms with Gasteiger partial charge in [0.15, 0.2) is 11.6 Å². The molecule has 0 aliphatic carbocycles. The smallest absolute Gasteiger partial charge is 0.167 e. The van der Waals surface area contributed by atoms with Crippen molar-refractivity contribution < 1.29 is 13.5 Å². The molecule has 0 fully saturated rings. The molecule has 0 unspecified atom stereocenters. The SMILES string of the molecule is COc1cc(F)c(NCCC(C)(C)CN)cc1F. The fraction of sp³-hybridized carbons (Fsp3) is 0.538. The Balaban J connectivity index is 2.66. The highest BCUT2D eigenvalue weighted by atomic mass is 19.1. The minimum atomic E-state index is -0.584. The van der Waals surface area contributed by atoms with Crippen molar-refractivity contribution in [2.24, 2.45) is 11.1 Å². The number of ether oxygens (including phenoxy) is 1. The summed E-state index contributed by atoms with van der Waals surface area (Å²) in [5.74, 6) is -1.21. The van der Waals surface area contributed by atoms with Crippen LogP contribution in [0.15, 0.2) is 12.1 Å². The summed E-state index contributed by atoms with van der Waals surface area (Å²) >= 11 is 0. The predicted octanol–water partition coefficient (Wildman–Crippen LogP) is 2.76. The molecule has 0 amide bonds. The number of benzene rings is 1. The predicted molar refractivity (Wildman–Crippen MR) is 68.9 cm³/mol. The van der Waals surface area contributed by atoms with Crippen molar-refractivity contribution in [2.75, 3.05) is 25.5 Å². The maximum atomic E-state index is 13.6. The quantitative estimate of drug-likeness (QED) is 0.824. The molecule has 0 heterocycles. The third kappa shape index (κ3) is 3.84. The monoisotopic (exact) mass is 258 g/mol. The van der Waals surface area contributed by atoms with Crippen LogP contribution < -0.4 is 15.8 Å². The van der Waals surface area contributed by atoms with E-state index >= 15 is 0 Å². The molecule has 0 spiro atoms. The van der Waals surface area contributed by atoms with Crippen molar-refractivity contribution in [1.82, 2.24) is 0 Å². The number of methoxy groups -OCH3 is 1. The second-order valence-corrected chi connectivity index (χ2v) is 5.01. The highest BCUT2D eigenvalue weighted by Gasteiger charge is 2.15. The zero-order valence-electron chi connectivity index (χ0n) is 11.0. The van der Waals surface area contributed by atoms with Gasteiger partial charge in [-0.1, -0.05) is 13.8 Å². The summed E-state index contributed by atoms with van der Waals surface area (Å²) in [5, 5.41) is 2.87. The average Bonchev–Trinajstić information content (AvgIpc) is 2.33. The van der Waals surface area contributed by atoms with Gasteiger partial charge in [0.05, 0.1) is 12.8 Å². The molecule has 0 bridgehead atoms. The van der Waals surface area contributed by atoms with Gasteiger partial charge in [-0.2, -0.15) is 0 Å². The van der Waals surface area contributed by atoms with Crippen molar-refractivity contribution in [1.29, 1.82) is 0 Å². The van der Waals surface area contributed by atoms with Crippen molar-refractivity contribution in [3.8, 4) is 5.75 Å². The van der Waals surface area contributed by atoms with Gasteiger partial charge in [0.2, 0.25) is 0 Å². The van der Waals surface area contributed by atoms with Gasteiger partial charge in [0, 0.05) is 18.7 Å². The Morgan fingerprint density at radius 3 is 2.50 bits per heavy atom. The van der Waals surface area contributed by atoms with E-state index in [-0.39, 0.29) is 16.9 Å². The van der Waals surface area contributed by atoms with Gasteiger partial charge in [-0.3, -0.25) is 0 Å². The summed E-state index contributed by atoms with van der Waals surface area (Å²) in [7, 11) is 1.30. The molecule has 0 aromatic heterocycles. The first-order chi connectivity index (χ1) is 8.39. The molecule has 0 saturated heterocycles. The van der Waals surface area contributed by atoms with Gasteiger partial charge >= 0.3 is 0 Å². The number of rotatable bonds is 6. The second-order valence-electron chi connectivity index (χ2n) is 5.01. The van der Waals surface area contributed by atoms with E-state index in [0.29, 0.717) is 13.1 Å². The third-order valence-corrected chi connectivity index (χ3v) is 2.91. The fourth-order valence-electron chi connectivity index (χ4n) is 1.46. The molecule has 18 heavy (non-hydrogen) atoms. The summed E-state index contributed by atoms with van der Waals surface area (Å²) < 4.78 is 31.7. The van der Waals surface area contributed by atoms with Crippen molar-refractivity contribution in [3.05, 3.63) is 23.8 Å². The molecule has 0 atom stereocenters. The second kappa shape index (κ2) is 6.00. The Bertz CT molecular complexity index is 408. The molecule has 0 saturated carbocycles. The molecule has 3 N–H and O–H groups in total. The van der Waals surface area contributed by atoms with Gasteiger partial charge in [-0.15, -0.1) is 0 Å². The van der Waals surface area contributed by atoms with Crippen LogP contribution >= 0.6 is 0 Å². The summed E-state index contributed by atoms with van der Waals surface area (Å²) in [6.07, 6.45) is 0.774. The molecule has 102 valence electrons. The van der Waals surface area contributed by atoms with E-state index in [4.69, 9.17) is 10.5 Å². The Hall–Kier alpha value is -1.36. The van der Waals surface area contributed by atoms with Gasteiger partial charge in [0.25, 0.3) is 0 Å². The van der Waals surface area contributed by atoms with Gasteiger partial charge in [-0.05, 0) is 18.4 Å². The number of hydrogen-bond acceptors (Lipinski definition) is 3. The molecule has 5 heteroatoms. The van der Waals surface area contributed by atoms with Crippen LogP contribution in [-0.2, 0) is 0 Å². The van der Waals surface area contributed by atoms with E-state index in [1.54, 1.807) is 0 Å². The Labute approximate surface area is 106 Å². The molecule has 1 rings (SSSR count). The highest BCUT2D eigenvalue weighted by Crippen LogP contribution is 2.25. The lowest BCUT2D eigenvalue weighted by Crippen LogP contribution is -2.26. The highest BCUT2D eigenvalue weighted by molar-refractivity contribution is 5.48. The number of anilines is 1. The van der Waals surface area contributed by atoms with E-state index in [9.17, 15) is 8.78 Å². The van der Waals surface area contributed by atoms with Crippen LogP contribution in [0.4, 0.5) is 14.5 Å². The molecule has 3 nitrogen and oxygen atoms in total. The van der Waals surface area contributed by atoms with Crippen LogP contribution in [-0.4, -0.2) is 20.2 Å². The van der Waals surface area contributed by atoms with Gasteiger partial charge in [-0.25, -0.2) is 8.78 Å². The lowest BCUT2D eigenvalue weighted by atomic mass is 9.90. The van der Waals surface area contributed by atoms with Crippen LogP contribution in [0.2, 0.25) is 0 Å². The molecule has 1 aromatic rings. The number of halogens is 2. The van der Waals surface area contributed by atoms with Crippen molar-refractivity contribution in [3.63, 3.8) is 0 Å². The lowest BCUT2D eigenvalue weighted by Gasteiger charge is -2.22. The fourth-order valence-corrected chi connectivity index (χ4v) is 1.46. The normalized spacial score (nSPS) is 11.4. The van der Waals surface area contributed by atoms with Gasteiger partial charge < -0.3 is 15.8 Å². The van der Waals surface area contributed by atoms with Crippen molar-refractivity contribution in [2.45, 2.75) is 20.3 Å². The lowest BCUT2D eigenvalue weighted by molar-refractivity contribution is 0.357. The first-order valence-corrected chi connectivity index (χ1v) is 5.86. The first kappa shape index (κ1) is 14.7. The Kier molecular flexibility index (Phi) is 4.90. The number of hydrogen-bond donors (Lipinski definition) is 2. The minimum Gasteiger partial charge on any atom is -0.494 e. The van der Waals surface area contributed by atoms with E-state index in [1.165, 1.54) is 7.11 Å². The molecular weight excluding hydrogens is 238 g/mol. The maximum Gasteiger partial charge on any atom is 0.167 e. The zero-order valence-corrected chi connectivity index (χ0v) is 11.0. The number of nitrogens with one attached hydrogen (secondary N) is 1. The van der Waals surface area contributed by atoms with Crippen LogP contribution in [0.25, 0.3) is 0 Å². The Morgan fingerprint density at radius 2 is 1.94 bits per heavy atom. The summed E-state index contributed by atoms with van der Waals surface area (Å²) in [5.41, 5.74) is 5.72. The van der Waals surface area contributed by atoms with E-state index in [0.717, 1.165) is 18.6 Å². The van der Waals surface area contributed by atoms with E-state index in [1.807, 2.05) is 13.8 Å². The van der Waals surface area contributed by atoms with Crippen LogP contribution in [0.3, 0.4) is 0 Å². The maximum absolute atomic E-state index is 13.6. The number of nitrogens with two attached hydrogens (primary N) is 1. The molecule has 0 aliphatic heterocycles. The molecule has 0 radical (unpaired) electrons. The standard InChI is InChI=1S/C13H20F2N2O/c1-13(2,8-16)4-5-17-11-6-10(15)12(18-3)7-9(11)14/h6-7,17H,4-5,8,16H2,1-3H3. The summed E-state index contributed by atoms with van der Waals surface area (Å²) in [6, 6.07) is 2.13. The van der Waals surface area contributed by atoms with Gasteiger partial charge in [0.1, 0.15) is 5.82 Å². The summed E-state index contributed by atoms with van der Waals surface area (Å²) in [6.45, 7) is 5.14. The van der Waals surface area contributed by atoms with E-state index < -0.39 is 11.6 Å². The largest absolute Gasteiger partial charge is 0.494 e. The van der Waals surface area contributed by atoms with E-state index in [2.05, 4.69) is 5.32 Å². The molecule has 0 aliphatic rings.